The zero-order valence-corrected chi connectivity index (χ0v) is 6.26. The van der Waals surface area contributed by atoms with Gasteiger partial charge in [-0.2, -0.15) is 0 Å². The number of aliphatic hydroxyl groups is 3. The first-order valence-electron chi connectivity index (χ1n) is 2.92. The van der Waals surface area contributed by atoms with Crippen molar-refractivity contribution < 1.29 is 30.0 Å². The maximum absolute atomic E-state index is 10.5. The highest BCUT2D eigenvalue weighted by molar-refractivity contribution is 5.79. The molecule has 0 radical (unpaired) electrons. The average Bonchev–Trinajstić information content (AvgIpc) is 1.79. The highest BCUT2D eigenvalue weighted by Gasteiger charge is 2.33. The second kappa shape index (κ2) is 3.48. The molecule has 0 atom stereocenters. The third-order valence-corrected chi connectivity index (χ3v) is 1.04. The lowest BCUT2D eigenvalue weighted by atomic mass is 10.5. The molecule has 0 spiro atoms. The van der Waals surface area contributed by atoms with E-state index < -0.39 is 24.5 Å². The van der Waals surface area contributed by atoms with Crippen LogP contribution in [0.1, 0.15) is 6.92 Å². The molecule has 0 rings (SSSR count). The summed E-state index contributed by atoms with van der Waals surface area (Å²) >= 11 is 0. The summed E-state index contributed by atoms with van der Waals surface area (Å²) in [4.78, 5) is 20.5. The largest absolute Gasteiger partial charge is 0.480 e. The molecule has 7 nitrogen and oxygen atoms in total. The summed E-state index contributed by atoms with van der Waals surface area (Å²) in [6, 6.07) is 0. The zero-order valence-electron chi connectivity index (χ0n) is 6.26. The lowest BCUT2D eigenvalue weighted by molar-refractivity contribution is -0.380. The Hall–Kier alpha value is -1.18. The van der Waals surface area contributed by atoms with Crippen molar-refractivity contribution in [3.05, 3.63) is 0 Å². The zero-order chi connectivity index (χ0) is 9.94. The molecule has 0 saturated carbocycles. The molecule has 0 aliphatic carbocycles. The summed E-state index contributed by atoms with van der Waals surface area (Å²) in [5, 5.41) is 33.5. The van der Waals surface area contributed by atoms with E-state index in [9.17, 15) is 9.59 Å². The molecule has 0 aromatic rings. The van der Waals surface area contributed by atoms with Gasteiger partial charge in [0.2, 0.25) is 5.91 Å². The molecule has 4 N–H and O–H groups in total. The summed E-state index contributed by atoms with van der Waals surface area (Å²) in [7, 11) is 0. The Morgan fingerprint density at radius 1 is 1.33 bits per heavy atom. The van der Waals surface area contributed by atoms with Crippen molar-refractivity contribution in [2.45, 2.75) is 13.0 Å². The average molecular weight is 179 g/mol. The van der Waals surface area contributed by atoms with Gasteiger partial charge in [-0.25, -0.2) is 0 Å². The summed E-state index contributed by atoms with van der Waals surface area (Å²) in [5.41, 5.74) is 0. The maximum Gasteiger partial charge on any atom is 0.372 e. The van der Waals surface area contributed by atoms with Gasteiger partial charge >= 0.3 is 12.1 Å². The Labute approximate surface area is 67.5 Å². The third kappa shape index (κ3) is 3.28. The number of carbonyl (C=O) groups excluding carboxylic acids is 1. The summed E-state index contributed by atoms with van der Waals surface area (Å²) in [6.45, 7) is -0.0980. The van der Waals surface area contributed by atoms with Crippen LogP contribution in [0.15, 0.2) is 0 Å². The molecular formula is C5H9NO6. The maximum atomic E-state index is 10.5. The van der Waals surface area contributed by atoms with Gasteiger partial charge in [0.25, 0.3) is 0 Å². The molecule has 0 bridgehead atoms. The number of nitrogens with zero attached hydrogens (tertiary/aromatic N) is 1. The van der Waals surface area contributed by atoms with E-state index in [4.69, 9.17) is 20.4 Å². The lowest BCUT2D eigenvalue weighted by Crippen LogP contribution is -2.53. The Morgan fingerprint density at radius 3 is 1.83 bits per heavy atom. The Bertz CT molecular complexity index is 195. The second-order valence-electron chi connectivity index (χ2n) is 2.10. The van der Waals surface area contributed by atoms with Crippen LogP contribution in [-0.2, 0) is 9.59 Å². The van der Waals surface area contributed by atoms with Crippen LogP contribution < -0.4 is 0 Å². The minimum Gasteiger partial charge on any atom is -0.480 e. The molecule has 7 heteroatoms. The smallest absolute Gasteiger partial charge is 0.372 e. The lowest BCUT2D eigenvalue weighted by Gasteiger charge is -2.27. The van der Waals surface area contributed by atoms with Crippen LogP contribution >= 0.6 is 0 Å². The van der Waals surface area contributed by atoms with Crippen LogP contribution in [0.5, 0.6) is 0 Å². The Balaban J connectivity index is 4.46. The van der Waals surface area contributed by atoms with Gasteiger partial charge in [0, 0.05) is 6.92 Å². The van der Waals surface area contributed by atoms with Crippen molar-refractivity contribution in [2.75, 3.05) is 6.54 Å². The molecule has 1 amide bonds. The van der Waals surface area contributed by atoms with Gasteiger partial charge in [0.1, 0.15) is 6.54 Å². The molecule has 0 aromatic carbocycles. The topological polar surface area (TPSA) is 118 Å². The summed E-state index contributed by atoms with van der Waals surface area (Å²) in [5.74, 6) is -2.43. The fraction of sp³-hybridized carbons (Fsp3) is 0.600. The summed E-state index contributed by atoms with van der Waals surface area (Å²) in [6.07, 6.45) is -3.43. The van der Waals surface area contributed by atoms with Gasteiger partial charge in [-0.1, -0.05) is 0 Å². The van der Waals surface area contributed by atoms with Crippen molar-refractivity contribution in [3.63, 3.8) is 0 Å². The molecular weight excluding hydrogens is 170 g/mol. The van der Waals surface area contributed by atoms with E-state index in [1.165, 1.54) is 0 Å². The van der Waals surface area contributed by atoms with E-state index in [0.29, 0.717) is 0 Å². The van der Waals surface area contributed by atoms with Gasteiger partial charge in [-0.3, -0.25) is 14.5 Å². The molecule has 0 unspecified atom stereocenters. The highest BCUT2D eigenvalue weighted by Crippen LogP contribution is 2.03. The van der Waals surface area contributed by atoms with Crippen molar-refractivity contribution in [3.8, 4) is 0 Å². The Kier molecular flexibility index (Phi) is 3.14. The number of hydrogen-bond acceptors (Lipinski definition) is 5. The monoisotopic (exact) mass is 179 g/mol. The van der Waals surface area contributed by atoms with Gasteiger partial charge in [-0.05, 0) is 0 Å². The predicted molar refractivity (Wildman–Crippen MR) is 34.4 cm³/mol. The third-order valence-electron chi connectivity index (χ3n) is 1.04. The van der Waals surface area contributed by atoms with Gasteiger partial charge in [0.05, 0.1) is 0 Å². The number of aliphatic carboxylic acids is 1. The molecule has 0 aliphatic rings. The van der Waals surface area contributed by atoms with E-state index in [1.807, 2.05) is 0 Å². The number of carboxylic acids is 1. The van der Waals surface area contributed by atoms with Crippen LogP contribution in [0, 0.1) is 0 Å². The van der Waals surface area contributed by atoms with Crippen LogP contribution in [-0.4, -0.2) is 49.8 Å². The SMILES string of the molecule is CC(=O)N(CC(=O)O)C(O)(O)O. The second-order valence-corrected chi connectivity index (χ2v) is 2.10. The highest BCUT2D eigenvalue weighted by atomic mass is 16.7. The Morgan fingerprint density at radius 2 is 1.75 bits per heavy atom. The van der Waals surface area contributed by atoms with E-state index >= 15 is 0 Å². The number of hydrogen-bond donors (Lipinski definition) is 4. The number of rotatable bonds is 3. The predicted octanol–water partition coefficient (Wildman–Crippen LogP) is -2.49. The van der Waals surface area contributed by atoms with E-state index in [2.05, 4.69) is 0 Å². The molecule has 0 saturated heterocycles. The quantitative estimate of drug-likeness (QED) is 0.356. The van der Waals surface area contributed by atoms with Crippen molar-refractivity contribution in [2.24, 2.45) is 0 Å². The van der Waals surface area contributed by atoms with E-state index in [0.717, 1.165) is 6.92 Å². The van der Waals surface area contributed by atoms with E-state index in [1.54, 1.807) is 0 Å². The molecule has 70 valence electrons. The molecule has 12 heavy (non-hydrogen) atoms. The first-order chi connectivity index (χ1) is 5.25. The number of carbonyl (C=O) groups is 2. The van der Waals surface area contributed by atoms with Crippen LogP contribution in [0.3, 0.4) is 0 Å². The molecule has 0 aliphatic heterocycles. The first-order valence-corrected chi connectivity index (χ1v) is 2.92. The molecule has 0 heterocycles. The first kappa shape index (κ1) is 10.8. The molecule has 0 fully saturated rings. The number of carboxylic acid groups (broad SMARTS) is 1. The van der Waals surface area contributed by atoms with Crippen LogP contribution in [0.25, 0.3) is 0 Å². The van der Waals surface area contributed by atoms with Gasteiger partial charge < -0.3 is 20.4 Å². The summed E-state index contributed by atoms with van der Waals surface area (Å²) < 4.78 is 0. The van der Waals surface area contributed by atoms with Crippen molar-refractivity contribution >= 4 is 11.9 Å². The molecule has 0 aromatic heterocycles. The van der Waals surface area contributed by atoms with E-state index in [-0.39, 0.29) is 4.90 Å². The number of amides is 1. The van der Waals surface area contributed by atoms with Crippen molar-refractivity contribution in [1.29, 1.82) is 0 Å². The van der Waals surface area contributed by atoms with Crippen LogP contribution in [0.2, 0.25) is 0 Å². The van der Waals surface area contributed by atoms with Gasteiger partial charge in [-0.15, -0.1) is 0 Å². The normalized spacial score (nSPS) is 11.0. The van der Waals surface area contributed by atoms with Gasteiger partial charge in [0.15, 0.2) is 0 Å². The fourth-order valence-corrected chi connectivity index (χ4v) is 0.564. The standard InChI is InChI=1S/C5H9NO6/c1-3(7)6(2-4(8)9)5(10,11)12/h10-12H,2H2,1H3,(H,8,9). The fourth-order valence-electron chi connectivity index (χ4n) is 0.564. The van der Waals surface area contributed by atoms with Crippen molar-refractivity contribution in [1.82, 2.24) is 4.90 Å². The van der Waals surface area contributed by atoms with Crippen LogP contribution in [0.4, 0.5) is 0 Å². The minimum atomic E-state index is -3.43. The minimum absolute atomic E-state index is 0.0185.